The number of ether oxygens (including phenoxy) is 2. The van der Waals surface area contributed by atoms with Crippen LogP contribution < -0.4 is 10.2 Å². The highest BCUT2D eigenvalue weighted by molar-refractivity contribution is 7.89. The van der Waals surface area contributed by atoms with Crippen LogP contribution in [0.4, 0.5) is 9.18 Å². The van der Waals surface area contributed by atoms with Crippen LogP contribution >= 0.6 is 0 Å². The van der Waals surface area contributed by atoms with Gasteiger partial charge >= 0.3 is 6.03 Å². The Morgan fingerprint density at radius 1 is 1.08 bits per heavy atom. The molecular weight excluding hydrogens is 509 g/mol. The lowest BCUT2D eigenvalue weighted by Gasteiger charge is -2.41. The summed E-state index contributed by atoms with van der Waals surface area (Å²) in [4.78, 5) is 27.7. The van der Waals surface area contributed by atoms with Gasteiger partial charge in [-0.15, -0.1) is 0 Å². The van der Waals surface area contributed by atoms with Crippen LogP contribution in [0.5, 0.6) is 11.5 Å². The smallest absolute Gasteiger partial charge is 0.320 e. The van der Waals surface area contributed by atoms with Crippen molar-refractivity contribution in [2.75, 3.05) is 45.9 Å². The quantitative estimate of drug-likeness (QED) is 0.429. The van der Waals surface area contributed by atoms with E-state index in [0.717, 1.165) is 22.5 Å². The first kappa shape index (κ1) is 26.3. The number of carbonyl (C=O) groups excluding carboxylic acids is 2. The molecule has 14 heteroatoms. The molecule has 0 spiro atoms. The maximum atomic E-state index is 14.8. The molecule has 2 N–H and O–H groups in total. The minimum Gasteiger partial charge on any atom is -0.454 e. The molecule has 2 aromatic carbocycles. The highest BCUT2D eigenvalue weighted by Gasteiger charge is 2.42. The van der Waals surface area contributed by atoms with E-state index in [4.69, 9.17) is 14.7 Å². The van der Waals surface area contributed by atoms with Gasteiger partial charge in [0.1, 0.15) is 11.8 Å². The molecule has 4 rings (SSSR count). The van der Waals surface area contributed by atoms with Crippen molar-refractivity contribution in [3.63, 3.8) is 0 Å². The molecule has 2 aliphatic rings. The Kier molecular flexibility index (Phi) is 7.89. The van der Waals surface area contributed by atoms with Gasteiger partial charge in [0.05, 0.1) is 29.7 Å². The minimum atomic E-state index is -4.40. The summed E-state index contributed by atoms with van der Waals surface area (Å²) >= 11 is 0. The van der Waals surface area contributed by atoms with Crippen molar-refractivity contribution in [2.45, 2.75) is 10.9 Å². The van der Waals surface area contributed by atoms with Crippen LogP contribution in [-0.2, 0) is 19.6 Å². The number of rotatable bonds is 5. The van der Waals surface area contributed by atoms with Crippen LogP contribution in [0, 0.1) is 17.1 Å². The Balaban J connectivity index is 1.53. The third kappa shape index (κ3) is 5.65. The van der Waals surface area contributed by atoms with E-state index in [0.29, 0.717) is 31.9 Å². The lowest BCUT2D eigenvalue weighted by atomic mass is 10.2. The van der Waals surface area contributed by atoms with Crippen molar-refractivity contribution in [1.29, 1.82) is 5.26 Å². The third-order valence-corrected chi connectivity index (χ3v) is 7.92. The number of piperazine rings is 1. The second-order valence-electron chi connectivity index (χ2n) is 8.27. The predicted molar refractivity (Wildman–Crippen MR) is 125 cm³/mol. The average molecular weight is 534 g/mol. The van der Waals surface area contributed by atoms with E-state index in [2.05, 4.69) is 0 Å². The SMILES string of the molecule is N#Cc1ccc(Oc2ccc(S(=O)(=O)N3CCN(C(=O)N4CCOCC4)C[C@@H]3C(=O)NO)cc2F)cc1. The molecule has 0 saturated carbocycles. The highest BCUT2D eigenvalue weighted by atomic mass is 32.2. The number of nitriles is 1. The lowest BCUT2D eigenvalue weighted by molar-refractivity contribution is -0.134. The first-order chi connectivity index (χ1) is 17.7. The van der Waals surface area contributed by atoms with Gasteiger partial charge in [0.25, 0.3) is 5.91 Å². The summed E-state index contributed by atoms with van der Waals surface area (Å²) in [7, 11) is -4.40. The first-order valence-electron chi connectivity index (χ1n) is 11.3. The van der Waals surface area contributed by atoms with Crippen LogP contribution in [-0.4, -0.2) is 91.6 Å². The normalized spacial score (nSPS) is 18.7. The van der Waals surface area contributed by atoms with Gasteiger partial charge in [-0.25, -0.2) is 23.1 Å². The summed E-state index contributed by atoms with van der Waals surface area (Å²) in [5, 5.41) is 18.1. The number of morpholine rings is 1. The van der Waals surface area contributed by atoms with Gasteiger partial charge in [-0.3, -0.25) is 10.0 Å². The highest BCUT2D eigenvalue weighted by Crippen LogP contribution is 2.29. The molecule has 2 heterocycles. The van der Waals surface area contributed by atoms with Gasteiger partial charge in [0, 0.05) is 32.7 Å². The van der Waals surface area contributed by atoms with E-state index in [1.54, 1.807) is 4.90 Å². The van der Waals surface area contributed by atoms with E-state index in [1.165, 1.54) is 34.6 Å². The summed E-state index contributed by atoms with van der Waals surface area (Å²) in [6.45, 7) is 0.918. The van der Waals surface area contributed by atoms with Gasteiger partial charge in [0.15, 0.2) is 11.6 Å². The topological polar surface area (TPSA) is 153 Å². The molecule has 196 valence electrons. The van der Waals surface area contributed by atoms with Crippen molar-refractivity contribution in [3.8, 4) is 17.6 Å². The summed E-state index contributed by atoms with van der Waals surface area (Å²) in [6, 6.07) is 9.11. The number of hydrogen-bond acceptors (Lipinski definition) is 8. The van der Waals surface area contributed by atoms with E-state index < -0.39 is 32.7 Å². The molecule has 0 radical (unpaired) electrons. The van der Waals surface area contributed by atoms with Crippen molar-refractivity contribution < 1.29 is 37.1 Å². The molecule has 2 saturated heterocycles. The Bertz CT molecular complexity index is 1310. The van der Waals surface area contributed by atoms with Crippen LogP contribution in [0.1, 0.15) is 5.56 Å². The van der Waals surface area contributed by atoms with Crippen LogP contribution in [0.2, 0.25) is 0 Å². The Morgan fingerprint density at radius 2 is 1.78 bits per heavy atom. The fraction of sp³-hybridized carbons (Fsp3) is 0.348. The van der Waals surface area contributed by atoms with Crippen molar-refractivity contribution >= 4 is 22.0 Å². The second kappa shape index (κ2) is 11.1. The standard InChI is InChI=1S/C23H24FN5O7S/c24-19-13-18(5-6-21(19)36-17-3-1-16(14-25)2-4-17)37(33,34)29-8-7-28(15-20(29)22(30)26-32)23(31)27-9-11-35-12-10-27/h1-6,13,20,32H,7-12,15H2,(H,26,30)/t20-/m1/s1. The van der Waals surface area contributed by atoms with Gasteiger partial charge in [-0.2, -0.15) is 9.57 Å². The molecule has 12 nitrogen and oxygen atoms in total. The number of halogens is 1. The fourth-order valence-electron chi connectivity index (χ4n) is 4.06. The molecule has 2 aliphatic heterocycles. The van der Waals surface area contributed by atoms with E-state index in [9.17, 15) is 27.6 Å². The molecule has 0 aliphatic carbocycles. The number of benzene rings is 2. The first-order valence-corrected chi connectivity index (χ1v) is 12.7. The zero-order chi connectivity index (χ0) is 26.6. The van der Waals surface area contributed by atoms with Gasteiger partial charge in [0.2, 0.25) is 10.0 Å². The number of hydroxylamine groups is 1. The lowest BCUT2D eigenvalue weighted by Crippen LogP contribution is -2.63. The molecule has 0 unspecified atom stereocenters. The van der Waals surface area contributed by atoms with Crippen LogP contribution in [0.15, 0.2) is 47.4 Å². The zero-order valence-corrected chi connectivity index (χ0v) is 20.4. The molecule has 37 heavy (non-hydrogen) atoms. The van der Waals surface area contributed by atoms with E-state index in [-0.39, 0.29) is 37.2 Å². The molecule has 2 fully saturated rings. The van der Waals surface area contributed by atoms with Crippen molar-refractivity contribution in [1.82, 2.24) is 19.6 Å². The molecule has 0 bridgehead atoms. The van der Waals surface area contributed by atoms with Gasteiger partial charge in [-0.05, 0) is 42.5 Å². The molecule has 2 aromatic rings. The largest absolute Gasteiger partial charge is 0.454 e. The number of sulfonamides is 1. The number of nitrogens with one attached hydrogen (secondary N) is 1. The number of amides is 3. The third-order valence-electron chi connectivity index (χ3n) is 6.02. The number of nitrogens with zero attached hydrogens (tertiary/aromatic N) is 4. The number of hydrogen-bond donors (Lipinski definition) is 2. The maximum absolute atomic E-state index is 14.8. The van der Waals surface area contributed by atoms with Gasteiger partial charge in [-0.1, -0.05) is 0 Å². The summed E-state index contributed by atoms with van der Waals surface area (Å²) in [6.07, 6.45) is 0. The Hall–Kier alpha value is -3.77. The summed E-state index contributed by atoms with van der Waals surface area (Å²) in [5.74, 6) is -1.98. The monoisotopic (exact) mass is 533 g/mol. The molecule has 3 amide bonds. The number of carbonyl (C=O) groups is 2. The van der Waals surface area contributed by atoms with Crippen LogP contribution in [0.3, 0.4) is 0 Å². The maximum Gasteiger partial charge on any atom is 0.320 e. The molecular formula is C23H24FN5O7S. The van der Waals surface area contributed by atoms with Gasteiger partial charge < -0.3 is 19.3 Å². The molecule has 1 atom stereocenters. The fourth-order valence-corrected chi connectivity index (χ4v) is 5.64. The minimum absolute atomic E-state index is 0.00695. The summed E-state index contributed by atoms with van der Waals surface area (Å²) in [5.41, 5.74) is 1.84. The van der Waals surface area contributed by atoms with Crippen molar-refractivity contribution in [3.05, 3.63) is 53.8 Å². The van der Waals surface area contributed by atoms with E-state index in [1.807, 2.05) is 6.07 Å². The number of urea groups is 1. The van der Waals surface area contributed by atoms with E-state index >= 15 is 0 Å². The average Bonchev–Trinajstić information content (AvgIpc) is 2.93. The Labute approximate surface area is 212 Å². The summed E-state index contributed by atoms with van der Waals surface area (Å²) < 4.78 is 53.1. The van der Waals surface area contributed by atoms with Crippen molar-refractivity contribution in [2.24, 2.45) is 0 Å². The zero-order valence-electron chi connectivity index (χ0n) is 19.5. The van der Waals surface area contributed by atoms with Crippen LogP contribution in [0.25, 0.3) is 0 Å². The predicted octanol–water partition coefficient (Wildman–Crippen LogP) is 1.12. The second-order valence-corrected chi connectivity index (χ2v) is 10.2. The molecule has 0 aromatic heterocycles. The Morgan fingerprint density at radius 3 is 2.41 bits per heavy atom.